The minimum absolute atomic E-state index is 0.762. The summed E-state index contributed by atoms with van der Waals surface area (Å²) in [4.78, 5) is 0. The van der Waals surface area contributed by atoms with Gasteiger partial charge in [-0.2, -0.15) is 0 Å². The first kappa shape index (κ1) is 12.5. The second-order valence-corrected chi connectivity index (χ2v) is 11.3. The highest BCUT2D eigenvalue weighted by Crippen LogP contribution is 2.23. The molecule has 1 atom stereocenters. The van der Waals surface area contributed by atoms with Crippen molar-refractivity contribution >= 4 is 19.7 Å². The van der Waals surface area contributed by atoms with Crippen molar-refractivity contribution in [3.05, 3.63) is 0 Å². The predicted molar refractivity (Wildman–Crippen MR) is 61.8 cm³/mol. The van der Waals surface area contributed by atoms with Crippen LogP contribution in [0.15, 0.2) is 0 Å². The van der Waals surface area contributed by atoms with Gasteiger partial charge in [0.25, 0.3) is 0 Å². The summed E-state index contributed by atoms with van der Waals surface area (Å²) in [6.07, 6.45) is 1.30. The molecule has 74 valence electrons. The van der Waals surface area contributed by atoms with E-state index in [0.29, 0.717) is 0 Å². The molecule has 0 aliphatic rings. The van der Waals surface area contributed by atoms with Gasteiger partial charge in [-0.3, -0.25) is 0 Å². The third-order valence-electron chi connectivity index (χ3n) is 1.92. The zero-order chi connectivity index (χ0) is 9.78. The van der Waals surface area contributed by atoms with E-state index in [2.05, 4.69) is 33.5 Å². The molecular formula is C10H23ClSi. The monoisotopic (exact) mass is 206 g/mol. The molecule has 0 nitrogen and oxygen atoms in total. The molecule has 2 heteroatoms. The van der Waals surface area contributed by atoms with Crippen LogP contribution in [0.5, 0.6) is 0 Å². The summed E-state index contributed by atoms with van der Waals surface area (Å²) in [5.41, 5.74) is 0. The molecule has 0 N–H and O–H groups in total. The van der Waals surface area contributed by atoms with E-state index in [1.54, 1.807) is 0 Å². The number of alkyl halides is 1. The van der Waals surface area contributed by atoms with Gasteiger partial charge in [0.2, 0.25) is 0 Å². The number of hydrogen-bond donors (Lipinski definition) is 0. The van der Waals surface area contributed by atoms with Crippen LogP contribution in [0.25, 0.3) is 0 Å². The Hall–Kier alpha value is 0.507. The summed E-state index contributed by atoms with van der Waals surface area (Å²) < 4.78 is 0. The van der Waals surface area contributed by atoms with Crippen molar-refractivity contribution in [2.75, 3.05) is 5.88 Å². The van der Waals surface area contributed by atoms with Gasteiger partial charge in [-0.25, -0.2) is 0 Å². The molecule has 0 spiro atoms. The van der Waals surface area contributed by atoms with E-state index < -0.39 is 8.07 Å². The molecule has 0 aromatic rings. The molecule has 0 rings (SSSR count). The minimum Gasteiger partial charge on any atom is -0.126 e. The smallest absolute Gasteiger partial charge is 0.0445 e. The van der Waals surface area contributed by atoms with Crippen molar-refractivity contribution in [2.45, 2.75) is 46.0 Å². The molecule has 0 aromatic carbocycles. The molecule has 0 aromatic heterocycles. The third-order valence-corrected chi connectivity index (χ3v) is 4.16. The summed E-state index contributed by atoms with van der Waals surface area (Å²) >= 11 is 5.94. The van der Waals surface area contributed by atoms with Gasteiger partial charge < -0.3 is 0 Å². The Kier molecular flexibility index (Phi) is 5.51. The Morgan fingerprint density at radius 3 is 1.92 bits per heavy atom. The fourth-order valence-electron chi connectivity index (χ4n) is 1.73. The van der Waals surface area contributed by atoms with Crippen LogP contribution in [-0.2, 0) is 0 Å². The summed E-state index contributed by atoms with van der Waals surface area (Å²) in [6.45, 7) is 11.8. The highest BCUT2D eigenvalue weighted by atomic mass is 35.5. The second-order valence-electron chi connectivity index (χ2n) is 5.41. The van der Waals surface area contributed by atoms with Gasteiger partial charge in [-0.15, -0.1) is 11.6 Å². The first-order valence-electron chi connectivity index (χ1n) is 4.91. The topological polar surface area (TPSA) is 0 Å². The lowest BCUT2D eigenvalue weighted by Crippen LogP contribution is -2.25. The Morgan fingerprint density at radius 1 is 1.17 bits per heavy atom. The van der Waals surface area contributed by atoms with Gasteiger partial charge >= 0.3 is 0 Å². The average Bonchev–Trinajstić information content (AvgIpc) is 1.82. The molecule has 0 heterocycles. The standard InChI is InChI=1S/C10H23ClSi/c1-9(2)6-10(7-11)8-12(3,4)5/h9-10H,6-8H2,1-5H3. The van der Waals surface area contributed by atoms with Crippen molar-refractivity contribution < 1.29 is 0 Å². The van der Waals surface area contributed by atoms with E-state index in [-0.39, 0.29) is 0 Å². The quantitative estimate of drug-likeness (QED) is 0.467. The molecule has 0 fully saturated rings. The molecule has 1 unspecified atom stereocenters. The highest BCUT2D eigenvalue weighted by molar-refractivity contribution is 6.76. The van der Waals surface area contributed by atoms with E-state index in [1.807, 2.05) is 0 Å². The Bertz CT molecular complexity index is 115. The molecule has 12 heavy (non-hydrogen) atoms. The Labute approximate surface area is 83.7 Å². The molecule has 0 aliphatic carbocycles. The maximum absolute atomic E-state index is 5.94. The maximum atomic E-state index is 5.94. The van der Waals surface area contributed by atoms with E-state index in [4.69, 9.17) is 11.6 Å². The maximum Gasteiger partial charge on any atom is 0.0445 e. The summed E-state index contributed by atoms with van der Waals surface area (Å²) in [5.74, 6) is 2.41. The van der Waals surface area contributed by atoms with Crippen LogP contribution in [0, 0.1) is 11.8 Å². The molecule has 0 bridgehead atoms. The predicted octanol–water partition coefficient (Wildman–Crippen LogP) is 4.23. The first-order valence-corrected chi connectivity index (χ1v) is 9.15. The van der Waals surface area contributed by atoms with Gasteiger partial charge in [-0.05, 0) is 18.3 Å². The van der Waals surface area contributed by atoms with Crippen LogP contribution < -0.4 is 0 Å². The third kappa shape index (κ3) is 7.17. The molecule has 0 saturated carbocycles. The van der Waals surface area contributed by atoms with Gasteiger partial charge in [-0.1, -0.05) is 39.5 Å². The normalized spacial score (nSPS) is 15.2. The molecule has 0 amide bonds. The van der Waals surface area contributed by atoms with E-state index >= 15 is 0 Å². The minimum atomic E-state index is -0.893. The van der Waals surface area contributed by atoms with Crippen molar-refractivity contribution in [1.82, 2.24) is 0 Å². The molecular weight excluding hydrogens is 184 g/mol. The van der Waals surface area contributed by atoms with Crippen molar-refractivity contribution in [3.63, 3.8) is 0 Å². The van der Waals surface area contributed by atoms with E-state index in [1.165, 1.54) is 12.5 Å². The summed E-state index contributed by atoms with van der Waals surface area (Å²) in [6, 6.07) is 1.38. The van der Waals surface area contributed by atoms with Crippen molar-refractivity contribution in [3.8, 4) is 0 Å². The largest absolute Gasteiger partial charge is 0.126 e. The fourth-order valence-corrected chi connectivity index (χ4v) is 4.19. The lowest BCUT2D eigenvalue weighted by atomic mass is 10.0. The van der Waals surface area contributed by atoms with Crippen LogP contribution >= 0.6 is 11.6 Å². The number of hydrogen-bond acceptors (Lipinski definition) is 0. The fraction of sp³-hybridized carbons (Fsp3) is 1.00. The van der Waals surface area contributed by atoms with Crippen molar-refractivity contribution in [2.24, 2.45) is 11.8 Å². The van der Waals surface area contributed by atoms with Crippen LogP contribution in [0.4, 0.5) is 0 Å². The van der Waals surface area contributed by atoms with Crippen LogP contribution in [0.1, 0.15) is 20.3 Å². The zero-order valence-electron chi connectivity index (χ0n) is 9.15. The van der Waals surface area contributed by atoms with Crippen LogP contribution in [0.2, 0.25) is 25.7 Å². The number of rotatable bonds is 5. The Morgan fingerprint density at radius 2 is 1.67 bits per heavy atom. The van der Waals surface area contributed by atoms with Gasteiger partial charge in [0, 0.05) is 14.0 Å². The lowest BCUT2D eigenvalue weighted by molar-refractivity contribution is 0.469. The molecule has 0 aliphatic heterocycles. The Balaban J connectivity index is 3.83. The van der Waals surface area contributed by atoms with Crippen LogP contribution in [-0.4, -0.2) is 14.0 Å². The van der Waals surface area contributed by atoms with Crippen molar-refractivity contribution in [1.29, 1.82) is 0 Å². The van der Waals surface area contributed by atoms with E-state index in [9.17, 15) is 0 Å². The van der Waals surface area contributed by atoms with Gasteiger partial charge in [0.05, 0.1) is 0 Å². The highest BCUT2D eigenvalue weighted by Gasteiger charge is 2.20. The molecule has 0 saturated heterocycles. The first-order chi connectivity index (χ1) is 5.35. The SMILES string of the molecule is CC(C)CC(CCl)C[Si](C)(C)C. The van der Waals surface area contributed by atoms with Gasteiger partial charge in [0.1, 0.15) is 0 Å². The number of halogens is 1. The summed E-state index contributed by atoms with van der Waals surface area (Å²) in [7, 11) is -0.893. The zero-order valence-corrected chi connectivity index (χ0v) is 10.9. The average molecular weight is 207 g/mol. The summed E-state index contributed by atoms with van der Waals surface area (Å²) in [5, 5.41) is 0. The lowest BCUT2D eigenvalue weighted by Gasteiger charge is -2.24. The second kappa shape index (κ2) is 5.28. The van der Waals surface area contributed by atoms with Gasteiger partial charge in [0.15, 0.2) is 0 Å². The van der Waals surface area contributed by atoms with Crippen LogP contribution in [0.3, 0.4) is 0 Å². The molecule has 0 radical (unpaired) electrons. The van der Waals surface area contributed by atoms with E-state index in [0.717, 1.165) is 17.7 Å².